The van der Waals surface area contributed by atoms with Crippen LogP contribution < -0.4 is 0 Å². The molecule has 1 saturated heterocycles. The molecule has 0 bridgehead atoms. The second kappa shape index (κ2) is 8.24. The molecule has 4 heteroatoms. The quantitative estimate of drug-likeness (QED) is 0.594. The predicted octanol–water partition coefficient (Wildman–Crippen LogP) is 4.03. The largest absolute Gasteiger partial charge is 0.458 e. The average molecular weight is 378 g/mol. The van der Waals surface area contributed by atoms with Crippen LogP contribution in [0, 0.1) is 29.6 Å². The average Bonchev–Trinajstić information content (AvgIpc) is 2.57. The fourth-order valence-corrected chi connectivity index (χ4v) is 5.99. The summed E-state index contributed by atoms with van der Waals surface area (Å²) in [5.74, 6) is 2.01. The van der Waals surface area contributed by atoms with Crippen molar-refractivity contribution in [1.29, 1.82) is 0 Å². The van der Waals surface area contributed by atoms with Crippen molar-refractivity contribution < 1.29 is 14.6 Å². The molecule has 2 aliphatic carbocycles. The number of carbonyl (C=O) groups is 1. The van der Waals surface area contributed by atoms with Gasteiger partial charge in [0.15, 0.2) is 0 Å². The molecule has 0 amide bonds. The topological polar surface area (TPSA) is 49.8 Å². The molecule has 0 aromatic rings. The van der Waals surface area contributed by atoms with Crippen LogP contribution in [0.15, 0.2) is 11.6 Å². The lowest BCUT2D eigenvalue weighted by molar-refractivity contribution is -0.159. The molecule has 0 aromatic carbocycles. The van der Waals surface area contributed by atoms with Gasteiger partial charge in [-0.1, -0.05) is 26.8 Å². The lowest BCUT2D eigenvalue weighted by atomic mass is 9.57. The predicted molar refractivity (Wildman–Crippen MR) is 108 cm³/mol. The number of fused-ring (bicyclic) bond motifs is 1. The Hall–Kier alpha value is -0.870. The molecule has 1 N–H and O–H groups in total. The summed E-state index contributed by atoms with van der Waals surface area (Å²) in [6.45, 7) is 14.0. The molecule has 27 heavy (non-hydrogen) atoms. The molecule has 1 aliphatic heterocycles. The Morgan fingerprint density at radius 1 is 1.37 bits per heavy atom. The first kappa shape index (κ1) is 20.9. The highest BCUT2D eigenvalue weighted by Crippen LogP contribution is 2.51. The van der Waals surface area contributed by atoms with Crippen LogP contribution in [0.4, 0.5) is 0 Å². The molecule has 0 aromatic heterocycles. The summed E-state index contributed by atoms with van der Waals surface area (Å²) in [6, 6.07) is 0. The molecule has 7 atom stereocenters. The minimum atomic E-state index is -0.758. The van der Waals surface area contributed by atoms with E-state index in [0.717, 1.165) is 24.5 Å². The van der Waals surface area contributed by atoms with Gasteiger partial charge in [0.1, 0.15) is 6.10 Å². The van der Waals surface area contributed by atoms with Crippen LogP contribution >= 0.6 is 0 Å². The number of aliphatic hydroxyl groups is 1. The van der Waals surface area contributed by atoms with Crippen molar-refractivity contribution in [2.45, 2.75) is 78.4 Å². The number of piperidine rings is 1. The van der Waals surface area contributed by atoms with Gasteiger partial charge in [-0.3, -0.25) is 4.79 Å². The zero-order chi connectivity index (χ0) is 19.8. The van der Waals surface area contributed by atoms with Gasteiger partial charge in [0.2, 0.25) is 0 Å². The van der Waals surface area contributed by atoms with Crippen LogP contribution in [0.25, 0.3) is 0 Å². The van der Waals surface area contributed by atoms with Crippen LogP contribution in [0.3, 0.4) is 0 Å². The first-order valence-electron chi connectivity index (χ1n) is 11.0. The van der Waals surface area contributed by atoms with E-state index in [9.17, 15) is 9.90 Å². The van der Waals surface area contributed by atoms with Crippen molar-refractivity contribution in [2.24, 2.45) is 29.6 Å². The van der Waals surface area contributed by atoms with Gasteiger partial charge in [0, 0.05) is 32.4 Å². The lowest BCUT2D eigenvalue weighted by Crippen LogP contribution is -2.56. The molecule has 2 unspecified atom stereocenters. The number of rotatable bonds is 4. The third-order valence-electron chi connectivity index (χ3n) is 7.61. The molecule has 1 heterocycles. The molecule has 0 radical (unpaired) electrons. The second-order valence-corrected chi connectivity index (χ2v) is 9.86. The molecule has 1 saturated carbocycles. The van der Waals surface area contributed by atoms with Crippen molar-refractivity contribution in [1.82, 2.24) is 4.90 Å². The number of esters is 1. The van der Waals surface area contributed by atoms with Crippen molar-refractivity contribution in [2.75, 3.05) is 19.6 Å². The molecular weight excluding hydrogens is 338 g/mol. The SMILES string of the molecule is CC(=O)O[C@@H]1C[C@@]2(O)[C@H](C)CC[C@@H](C(C)CN3CCCC(C)C3)[C@H]2C=C1C. The maximum absolute atomic E-state index is 11.7. The number of hydrogen-bond donors (Lipinski definition) is 1. The maximum Gasteiger partial charge on any atom is 0.303 e. The molecule has 0 spiro atoms. The van der Waals surface area contributed by atoms with Gasteiger partial charge in [-0.15, -0.1) is 0 Å². The second-order valence-electron chi connectivity index (χ2n) is 9.86. The van der Waals surface area contributed by atoms with Crippen LogP contribution in [0.5, 0.6) is 0 Å². The molecule has 3 rings (SSSR count). The van der Waals surface area contributed by atoms with E-state index in [1.807, 2.05) is 0 Å². The summed E-state index contributed by atoms with van der Waals surface area (Å²) < 4.78 is 5.52. The Balaban J connectivity index is 1.76. The van der Waals surface area contributed by atoms with E-state index in [0.29, 0.717) is 18.3 Å². The van der Waals surface area contributed by atoms with Crippen LogP contribution in [0.2, 0.25) is 0 Å². The highest BCUT2D eigenvalue weighted by Gasteiger charge is 2.52. The highest BCUT2D eigenvalue weighted by atomic mass is 16.5. The van der Waals surface area contributed by atoms with Crippen molar-refractivity contribution in [3.8, 4) is 0 Å². The van der Waals surface area contributed by atoms with E-state index < -0.39 is 5.60 Å². The van der Waals surface area contributed by atoms with Gasteiger partial charge in [-0.25, -0.2) is 0 Å². The van der Waals surface area contributed by atoms with E-state index in [1.165, 1.54) is 39.3 Å². The van der Waals surface area contributed by atoms with Gasteiger partial charge in [-0.2, -0.15) is 0 Å². The first-order chi connectivity index (χ1) is 12.7. The normalized spacial score (nSPS) is 41.4. The van der Waals surface area contributed by atoms with Crippen LogP contribution in [-0.4, -0.2) is 47.3 Å². The van der Waals surface area contributed by atoms with Gasteiger partial charge < -0.3 is 14.7 Å². The van der Waals surface area contributed by atoms with Crippen molar-refractivity contribution in [3.05, 3.63) is 11.6 Å². The minimum Gasteiger partial charge on any atom is -0.458 e. The Labute approximate surface area is 165 Å². The Bertz CT molecular complexity index is 574. The van der Waals surface area contributed by atoms with Crippen LogP contribution in [0.1, 0.15) is 66.7 Å². The number of hydrogen-bond acceptors (Lipinski definition) is 4. The number of likely N-dealkylation sites (tertiary alicyclic amines) is 1. The third-order valence-corrected chi connectivity index (χ3v) is 7.61. The lowest BCUT2D eigenvalue weighted by Gasteiger charge is -2.53. The molecule has 4 nitrogen and oxygen atoms in total. The number of nitrogens with zero attached hydrogens (tertiary/aromatic N) is 1. The van der Waals surface area contributed by atoms with E-state index >= 15 is 0 Å². The van der Waals surface area contributed by atoms with Gasteiger partial charge in [0.25, 0.3) is 0 Å². The van der Waals surface area contributed by atoms with Crippen molar-refractivity contribution in [3.63, 3.8) is 0 Å². The van der Waals surface area contributed by atoms with E-state index in [-0.39, 0.29) is 23.9 Å². The van der Waals surface area contributed by atoms with E-state index in [1.54, 1.807) is 0 Å². The summed E-state index contributed by atoms with van der Waals surface area (Å²) in [5, 5.41) is 11.7. The summed E-state index contributed by atoms with van der Waals surface area (Å²) >= 11 is 0. The van der Waals surface area contributed by atoms with Gasteiger partial charge in [-0.05, 0) is 68.4 Å². The number of carbonyl (C=O) groups excluding carboxylic acids is 1. The molecular formula is C23H39NO3. The molecule has 2 fully saturated rings. The molecule has 3 aliphatic rings. The standard InChI is InChI=1S/C23H39NO3/c1-15-7-6-10-24(13-15)14-17(3)20-9-8-18(4)23(26)12-22(27-19(5)25)16(2)11-21(20)23/h11,15,17-18,20-22,26H,6-10,12-14H2,1-5H3/t15?,17?,18-,20+,21-,22-,23-/m1/s1. The fraction of sp³-hybridized carbons (Fsp3) is 0.870. The minimum absolute atomic E-state index is 0.172. The maximum atomic E-state index is 11.7. The monoisotopic (exact) mass is 377 g/mol. The van der Waals surface area contributed by atoms with Gasteiger partial charge >= 0.3 is 5.97 Å². The van der Waals surface area contributed by atoms with Crippen molar-refractivity contribution >= 4 is 5.97 Å². The Kier molecular flexibility index (Phi) is 6.37. The van der Waals surface area contributed by atoms with Crippen LogP contribution in [-0.2, 0) is 9.53 Å². The zero-order valence-electron chi connectivity index (χ0n) is 17.9. The smallest absolute Gasteiger partial charge is 0.303 e. The highest BCUT2D eigenvalue weighted by molar-refractivity contribution is 5.66. The third kappa shape index (κ3) is 4.42. The Morgan fingerprint density at radius 3 is 2.78 bits per heavy atom. The summed E-state index contributed by atoms with van der Waals surface area (Å²) in [7, 11) is 0. The fourth-order valence-electron chi connectivity index (χ4n) is 5.99. The summed E-state index contributed by atoms with van der Waals surface area (Å²) in [5.41, 5.74) is 0.351. The van der Waals surface area contributed by atoms with E-state index in [4.69, 9.17) is 4.74 Å². The summed E-state index contributed by atoms with van der Waals surface area (Å²) in [6.07, 6.45) is 7.42. The van der Waals surface area contributed by atoms with E-state index in [2.05, 4.69) is 38.7 Å². The van der Waals surface area contributed by atoms with Gasteiger partial charge in [0.05, 0.1) is 5.60 Å². The number of ether oxygens (including phenoxy) is 1. The summed E-state index contributed by atoms with van der Waals surface area (Å²) in [4.78, 5) is 14.1. The zero-order valence-corrected chi connectivity index (χ0v) is 17.9. The Morgan fingerprint density at radius 2 is 2.11 bits per heavy atom. The first-order valence-corrected chi connectivity index (χ1v) is 11.0. The molecule has 154 valence electrons.